The van der Waals surface area contributed by atoms with Gasteiger partial charge in [0.25, 0.3) is 0 Å². The van der Waals surface area contributed by atoms with Crippen LogP contribution in [0.3, 0.4) is 0 Å². The van der Waals surface area contributed by atoms with Crippen molar-refractivity contribution < 1.29 is 4.74 Å². The van der Waals surface area contributed by atoms with Crippen LogP contribution in [-0.2, 0) is 4.74 Å². The van der Waals surface area contributed by atoms with Crippen molar-refractivity contribution in [3.8, 4) is 0 Å². The molecule has 0 aromatic rings. The zero-order valence-electron chi connectivity index (χ0n) is 13.8. The summed E-state index contributed by atoms with van der Waals surface area (Å²) in [6.07, 6.45) is 14.3. The summed E-state index contributed by atoms with van der Waals surface area (Å²) in [5.74, 6) is 0.886. The molecule has 0 radical (unpaired) electrons. The van der Waals surface area contributed by atoms with E-state index in [1.165, 1.54) is 70.8 Å². The highest BCUT2D eigenvalue weighted by Gasteiger charge is 2.50. The van der Waals surface area contributed by atoms with Crippen LogP contribution >= 0.6 is 0 Å². The van der Waals surface area contributed by atoms with Crippen molar-refractivity contribution in [1.29, 1.82) is 0 Å². The van der Waals surface area contributed by atoms with Gasteiger partial charge in [-0.15, -0.1) is 0 Å². The van der Waals surface area contributed by atoms with Gasteiger partial charge >= 0.3 is 0 Å². The normalized spacial score (nSPS) is 30.0. The van der Waals surface area contributed by atoms with E-state index in [9.17, 15) is 0 Å². The predicted molar refractivity (Wildman–Crippen MR) is 86.1 cm³/mol. The van der Waals surface area contributed by atoms with Crippen molar-refractivity contribution in [1.82, 2.24) is 5.32 Å². The predicted octanol–water partition coefficient (Wildman–Crippen LogP) is 4.53. The first-order valence-corrected chi connectivity index (χ1v) is 9.14. The van der Waals surface area contributed by atoms with Gasteiger partial charge in [0.05, 0.1) is 6.10 Å². The van der Waals surface area contributed by atoms with Gasteiger partial charge in [0.1, 0.15) is 0 Å². The number of nitrogens with one attached hydrogen (secondary N) is 1. The molecule has 20 heavy (non-hydrogen) atoms. The maximum absolute atomic E-state index is 6.16. The van der Waals surface area contributed by atoms with Crippen LogP contribution in [-0.4, -0.2) is 25.8 Å². The molecule has 2 unspecified atom stereocenters. The number of ether oxygens (including phenoxy) is 1. The molecule has 1 aliphatic carbocycles. The third-order valence-electron chi connectivity index (χ3n) is 5.23. The van der Waals surface area contributed by atoms with E-state index in [4.69, 9.17) is 4.74 Å². The lowest BCUT2D eigenvalue weighted by atomic mass is 9.74. The molecule has 2 rings (SSSR count). The summed E-state index contributed by atoms with van der Waals surface area (Å²) in [5, 5.41) is 3.70. The zero-order chi connectivity index (χ0) is 14.3. The van der Waals surface area contributed by atoms with Crippen LogP contribution in [0.15, 0.2) is 0 Å². The van der Waals surface area contributed by atoms with Gasteiger partial charge < -0.3 is 10.1 Å². The molecule has 1 N–H and O–H groups in total. The van der Waals surface area contributed by atoms with Crippen LogP contribution in [0.2, 0.25) is 0 Å². The molecule has 0 aromatic heterocycles. The first-order valence-electron chi connectivity index (χ1n) is 9.14. The summed E-state index contributed by atoms with van der Waals surface area (Å²) in [6.45, 7) is 7.91. The average molecular weight is 281 g/mol. The lowest BCUT2D eigenvalue weighted by Gasteiger charge is -2.35. The summed E-state index contributed by atoms with van der Waals surface area (Å²) >= 11 is 0. The van der Waals surface area contributed by atoms with Crippen molar-refractivity contribution in [2.75, 3.05) is 19.7 Å². The zero-order valence-corrected chi connectivity index (χ0v) is 13.8. The number of unbranched alkanes of at least 4 members (excludes halogenated alkanes) is 4. The van der Waals surface area contributed by atoms with E-state index < -0.39 is 0 Å². The van der Waals surface area contributed by atoms with Gasteiger partial charge in [0, 0.05) is 18.6 Å². The quantitative estimate of drug-likeness (QED) is 0.562. The third-order valence-corrected chi connectivity index (χ3v) is 5.23. The molecule has 2 aliphatic rings. The highest BCUT2D eigenvalue weighted by atomic mass is 16.5. The van der Waals surface area contributed by atoms with Crippen LogP contribution in [0.5, 0.6) is 0 Å². The highest BCUT2D eigenvalue weighted by Crippen LogP contribution is 2.50. The Labute approximate surface area is 126 Å². The van der Waals surface area contributed by atoms with E-state index in [1.807, 2.05) is 0 Å². The van der Waals surface area contributed by atoms with Crippen molar-refractivity contribution in [2.24, 2.45) is 11.3 Å². The van der Waals surface area contributed by atoms with Crippen LogP contribution in [0.4, 0.5) is 0 Å². The lowest BCUT2D eigenvalue weighted by Crippen LogP contribution is -2.42. The van der Waals surface area contributed by atoms with Gasteiger partial charge in [0.2, 0.25) is 0 Å². The SMILES string of the molecule is CCCCCCCC1(CNCCC)CCOC1C1CC1. The monoisotopic (exact) mass is 281 g/mol. The van der Waals surface area contributed by atoms with Gasteiger partial charge in [-0.2, -0.15) is 0 Å². The average Bonchev–Trinajstić information content (AvgIpc) is 3.21. The molecule has 118 valence electrons. The second-order valence-electron chi connectivity index (χ2n) is 7.08. The van der Waals surface area contributed by atoms with Gasteiger partial charge in [0.15, 0.2) is 0 Å². The lowest BCUT2D eigenvalue weighted by molar-refractivity contribution is 0.0254. The minimum Gasteiger partial charge on any atom is -0.377 e. The molecule has 1 aliphatic heterocycles. The maximum atomic E-state index is 6.16. The van der Waals surface area contributed by atoms with Gasteiger partial charge in [-0.1, -0.05) is 46.0 Å². The molecule has 2 atom stereocenters. The van der Waals surface area contributed by atoms with Crippen LogP contribution in [0.1, 0.15) is 78.1 Å². The van der Waals surface area contributed by atoms with E-state index in [1.54, 1.807) is 0 Å². The van der Waals surface area contributed by atoms with E-state index in [-0.39, 0.29) is 0 Å². The Morgan fingerprint density at radius 3 is 2.55 bits per heavy atom. The number of rotatable bonds is 11. The molecule has 2 nitrogen and oxygen atoms in total. The molecular weight excluding hydrogens is 246 g/mol. The summed E-state index contributed by atoms with van der Waals surface area (Å²) in [7, 11) is 0. The molecule has 1 saturated heterocycles. The van der Waals surface area contributed by atoms with E-state index in [0.29, 0.717) is 11.5 Å². The largest absolute Gasteiger partial charge is 0.377 e. The molecule has 2 heteroatoms. The Kier molecular flexibility index (Phi) is 6.83. The summed E-state index contributed by atoms with van der Waals surface area (Å²) in [5.41, 5.74) is 0.461. The third kappa shape index (κ3) is 4.46. The molecule has 1 heterocycles. The second-order valence-corrected chi connectivity index (χ2v) is 7.08. The highest BCUT2D eigenvalue weighted by molar-refractivity contribution is 5.00. The maximum Gasteiger partial charge on any atom is 0.0672 e. The fraction of sp³-hybridized carbons (Fsp3) is 1.00. The Morgan fingerprint density at radius 2 is 1.85 bits per heavy atom. The standard InChI is InChI=1S/C18H35NO/c1-3-5-6-7-8-11-18(15-19-13-4-2)12-14-20-17(18)16-9-10-16/h16-17,19H,3-15H2,1-2H3. The molecule has 0 bridgehead atoms. The Morgan fingerprint density at radius 1 is 1.05 bits per heavy atom. The van der Waals surface area contributed by atoms with Gasteiger partial charge in [-0.05, 0) is 44.6 Å². The van der Waals surface area contributed by atoms with E-state index in [0.717, 1.165) is 19.1 Å². The molecule has 2 fully saturated rings. The Bertz CT molecular complexity index is 264. The topological polar surface area (TPSA) is 21.3 Å². The minimum absolute atomic E-state index is 0.461. The van der Waals surface area contributed by atoms with Crippen molar-refractivity contribution in [3.05, 3.63) is 0 Å². The first-order chi connectivity index (χ1) is 9.82. The number of hydrogen-bond donors (Lipinski definition) is 1. The molecule has 1 saturated carbocycles. The van der Waals surface area contributed by atoms with Gasteiger partial charge in [-0.25, -0.2) is 0 Å². The van der Waals surface area contributed by atoms with Crippen LogP contribution in [0, 0.1) is 11.3 Å². The first kappa shape index (κ1) is 16.3. The summed E-state index contributed by atoms with van der Waals surface area (Å²) < 4.78 is 6.16. The summed E-state index contributed by atoms with van der Waals surface area (Å²) in [4.78, 5) is 0. The number of hydrogen-bond acceptors (Lipinski definition) is 2. The smallest absolute Gasteiger partial charge is 0.0672 e. The molecule has 0 spiro atoms. The second kappa shape index (κ2) is 8.38. The fourth-order valence-corrected chi connectivity index (χ4v) is 3.88. The summed E-state index contributed by atoms with van der Waals surface area (Å²) in [6, 6.07) is 0. The van der Waals surface area contributed by atoms with Crippen molar-refractivity contribution in [2.45, 2.75) is 84.2 Å². The molecule has 0 aromatic carbocycles. The molecular formula is C18H35NO. The van der Waals surface area contributed by atoms with E-state index >= 15 is 0 Å². The molecule has 0 amide bonds. The minimum atomic E-state index is 0.461. The van der Waals surface area contributed by atoms with Crippen LogP contribution in [0.25, 0.3) is 0 Å². The van der Waals surface area contributed by atoms with Gasteiger partial charge in [-0.3, -0.25) is 0 Å². The Balaban J connectivity index is 1.82. The van der Waals surface area contributed by atoms with Crippen LogP contribution < -0.4 is 5.32 Å². The van der Waals surface area contributed by atoms with Crippen molar-refractivity contribution in [3.63, 3.8) is 0 Å². The Hall–Kier alpha value is -0.0800. The van der Waals surface area contributed by atoms with Crippen molar-refractivity contribution >= 4 is 0 Å². The fourth-order valence-electron chi connectivity index (χ4n) is 3.88. The van der Waals surface area contributed by atoms with E-state index in [2.05, 4.69) is 19.2 Å².